The van der Waals surface area contributed by atoms with E-state index in [9.17, 15) is 8.42 Å². The minimum absolute atomic E-state index is 0.229. The maximum atomic E-state index is 11.4. The summed E-state index contributed by atoms with van der Waals surface area (Å²) in [6.07, 6.45) is 0. The Balaban J connectivity index is 2.75. The van der Waals surface area contributed by atoms with Gasteiger partial charge >= 0.3 is 0 Å². The van der Waals surface area contributed by atoms with E-state index in [0.29, 0.717) is 6.61 Å². The molecule has 1 saturated heterocycles. The lowest BCUT2D eigenvalue weighted by atomic mass is 10.3. The van der Waals surface area contributed by atoms with Gasteiger partial charge in [0.15, 0.2) is 0 Å². The van der Waals surface area contributed by atoms with Crippen LogP contribution in [0.4, 0.5) is 0 Å². The zero-order valence-electron chi connectivity index (χ0n) is 7.02. The number of morpholine rings is 1. The van der Waals surface area contributed by atoms with Gasteiger partial charge in [-0.1, -0.05) is 0 Å². The zero-order valence-corrected chi connectivity index (χ0v) is 8.59. The van der Waals surface area contributed by atoms with Crippen molar-refractivity contribution in [1.29, 1.82) is 0 Å². The number of sulfonamides is 1. The number of nitrogens with zero attached hydrogens (tertiary/aromatic N) is 1. The first-order valence-corrected chi connectivity index (χ1v) is 6.00. The van der Waals surface area contributed by atoms with E-state index in [1.807, 2.05) is 0 Å². The monoisotopic (exact) mass is 229 g/mol. The van der Waals surface area contributed by atoms with Crippen molar-refractivity contribution in [2.24, 2.45) is 0 Å². The summed E-state index contributed by atoms with van der Waals surface area (Å²) in [5, 5.41) is 8.44. The number of aliphatic hydroxyl groups excluding tert-OH is 1. The fraction of sp³-hybridized carbons (Fsp3) is 1.00. The van der Waals surface area contributed by atoms with Gasteiger partial charge in [-0.15, -0.1) is 11.6 Å². The number of alkyl halides is 1. The Kier molecular flexibility index (Phi) is 3.93. The largest absolute Gasteiger partial charge is 0.395 e. The number of hydrogen-bond donors (Lipinski definition) is 1. The van der Waals surface area contributed by atoms with Gasteiger partial charge in [0, 0.05) is 6.54 Å². The lowest BCUT2D eigenvalue weighted by Crippen LogP contribution is -2.50. The van der Waals surface area contributed by atoms with E-state index < -0.39 is 21.3 Å². The third kappa shape index (κ3) is 2.54. The molecule has 78 valence electrons. The second kappa shape index (κ2) is 4.56. The van der Waals surface area contributed by atoms with E-state index >= 15 is 0 Å². The van der Waals surface area contributed by atoms with Crippen LogP contribution in [0.25, 0.3) is 0 Å². The average molecular weight is 230 g/mol. The topological polar surface area (TPSA) is 66.8 Å². The van der Waals surface area contributed by atoms with Gasteiger partial charge in [-0.3, -0.25) is 0 Å². The first-order valence-electron chi connectivity index (χ1n) is 3.86. The van der Waals surface area contributed by atoms with E-state index in [4.69, 9.17) is 21.4 Å². The Morgan fingerprint density at radius 1 is 1.62 bits per heavy atom. The van der Waals surface area contributed by atoms with Crippen LogP contribution in [0.3, 0.4) is 0 Å². The minimum atomic E-state index is -3.42. The van der Waals surface area contributed by atoms with Crippen LogP contribution in [0.5, 0.6) is 0 Å². The molecule has 1 unspecified atom stereocenters. The van der Waals surface area contributed by atoms with Crippen LogP contribution in [0.1, 0.15) is 0 Å². The fourth-order valence-electron chi connectivity index (χ4n) is 1.21. The van der Waals surface area contributed by atoms with Crippen molar-refractivity contribution >= 4 is 21.6 Å². The molecule has 1 N–H and O–H groups in total. The average Bonchev–Trinajstić information content (AvgIpc) is 2.18. The van der Waals surface area contributed by atoms with Crippen molar-refractivity contribution in [2.75, 3.05) is 31.6 Å². The molecule has 1 aliphatic rings. The summed E-state index contributed by atoms with van der Waals surface area (Å²) in [4.78, 5) is 0. The first kappa shape index (κ1) is 11.2. The lowest BCUT2D eigenvalue weighted by molar-refractivity contribution is 0.0111. The molecule has 13 heavy (non-hydrogen) atoms. The molecule has 1 rings (SSSR count). The molecule has 1 atom stereocenters. The van der Waals surface area contributed by atoms with Crippen molar-refractivity contribution in [3.05, 3.63) is 0 Å². The normalized spacial score (nSPS) is 26.2. The van der Waals surface area contributed by atoms with E-state index in [2.05, 4.69) is 0 Å². The van der Waals surface area contributed by atoms with E-state index in [1.165, 1.54) is 4.31 Å². The summed E-state index contributed by atoms with van der Waals surface area (Å²) in [5.74, 6) is 0. The maximum absolute atomic E-state index is 11.4. The summed E-state index contributed by atoms with van der Waals surface area (Å²) in [5.41, 5.74) is 0. The molecule has 1 aliphatic heterocycles. The van der Waals surface area contributed by atoms with Crippen LogP contribution >= 0.6 is 11.6 Å². The third-order valence-corrected chi connectivity index (χ3v) is 4.18. The maximum Gasteiger partial charge on any atom is 0.228 e. The molecule has 0 aromatic heterocycles. The van der Waals surface area contributed by atoms with Crippen molar-refractivity contribution < 1.29 is 18.3 Å². The first-order chi connectivity index (χ1) is 6.11. The highest BCUT2D eigenvalue weighted by atomic mass is 35.5. The molecule has 0 radical (unpaired) electrons. The predicted octanol–water partition coefficient (Wildman–Crippen LogP) is -0.794. The van der Waals surface area contributed by atoms with E-state index in [-0.39, 0.29) is 19.8 Å². The second-order valence-corrected chi connectivity index (χ2v) is 5.25. The number of ether oxygens (including phenoxy) is 1. The molecule has 0 spiro atoms. The van der Waals surface area contributed by atoms with Gasteiger partial charge in [-0.25, -0.2) is 8.42 Å². The predicted molar refractivity (Wildman–Crippen MR) is 48.0 cm³/mol. The molecule has 0 aliphatic carbocycles. The molecule has 0 aromatic rings. The molecular formula is C6H12ClNO4S. The number of aliphatic hydroxyl groups is 1. The Morgan fingerprint density at radius 3 is 2.85 bits per heavy atom. The molecule has 1 heterocycles. The van der Waals surface area contributed by atoms with Gasteiger partial charge in [-0.2, -0.15) is 4.31 Å². The lowest BCUT2D eigenvalue weighted by Gasteiger charge is -2.32. The van der Waals surface area contributed by atoms with Gasteiger partial charge in [0.2, 0.25) is 10.0 Å². The molecule has 0 bridgehead atoms. The van der Waals surface area contributed by atoms with E-state index in [0.717, 1.165) is 0 Å². The zero-order chi connectivity index (χ0) is 9.90. The Labute approximate surface area is 82.3 Å². The summed E-state index contributed by atoms with van der Waals surface area (Å²) in [7, 11) is -3.42. The molecular weight excluding hydrogens is 218 g/mol. The Morgan fingerprint density at radius 2 is 2.31 bits per heavy atom. The van der Waals surface area contributed by atoms with Crippen LogP contribution in [-0.4, -0.2) is 55.4 Å². The highest BCUT2D eigenvalue weighted by molar-refractivity contribution is 7.90. The van der Waals surface area contributed by atoms with Crippen LogP contribution in [0.15, 0.2) is 0 Å². The molecule has 1 fully saturated rings. The molecule has 0 amide bonds. The van der Waals surface area contributed by atoms with Crippen molar-refractivity contribution in [3.8, 4) is 0 Å². The smallest absolute Gasteiger partial charge is 0.228 e. The summed E-state index contributed by atoms with van der Waals surface area (Å²) in [6, 6.07) is -0.488. The van der Waals surface area contributed by atoms with Crippen LogP contribution < -0.4 is 0 Å². The van der Waals surface area contributed by atoms with Crippen molar-refractivity contribution in [2.45, 2.75) is 6.04 Å². The van der Waals surface area contributed by atoms with Gasteiger partial charge in [-0.05, 0) is 0 Å². The van der Waals surface area contributed by atoms with Gasteiger partial charge in [0.25, 0.3) is 0 Å². The van der Waals surface area contributed by atoms with Crippen molar-refractivity contribution in [3.63, 3.8) is 0 Å². The van der Waals surface area contributed by atoms with Crippen LogP contribution in [-0.2, 0) is 14.8 Å². The number of halogens is 1. The highest BCUT2D eigenvalue weighted by Crippen LogP contribution is 2.13. The molecule has 0 aromatic carbocycles. The van der Waals surface area contributed by atoms with Gasteiger partial charge in [0.05, 0.1) is 25.9 Å². The van der Waals surface area contributed by atoms with E-state index in [1.54, 1.807) is 0 Å². The van der Waals surface area contributed by atoms with Gasteiger partial charge in [0.1, 0.15) is 5.21 Å². The fourth-order valence-corrected chi connectivity index (χ4v) is 2.65. The second-order valence-electron chi connectivity index (χ2n) is 2.74. The SMILES string of the molecule is O=S(=O)(CCl)N1CCOCC1CO. The number of rotatable bonds is 3. The summed E-state index contributed by atoms with van der Waals surface area (Å²) < 4.78 is 28.9. The highest BCUT2D eigenvalue weighted by Gasteiger charge is 2.31. The molecule has 7 heteroatoms. The standard InChI is InChI=1S/C6H12ClNO4S/c7-5-13(10,11)8-1-2-12-4-6(8)3-9/h6,9H,1-5H2. The number of hydrogen-bond acceptors (Lipinski definition) is 4. The van der Waals surface area contributed by atoms with Crippen molar-refractivity contribution in [1.82, 2.24) is 4.31 Å². The Bertz CT molecular complexity index is 255. The molecule has 5 nitrogen and oxygen atoms in total. The summed E-state index contributed by atoms with van der Waals surface area (Å²) >= 11 is 5.30. The third-order valence-electron chi connectivity index (χ3n) is 1.88. The van der Waals surface area contributed by atoms with Gasteiger partial charge < -0.3 is 9.84 Å². The molecule has 0 saturated carbocycles. The minimum Gasteiger partial charge on any atom is -0.395 e. The quantitative estimate of drug-likeness (QED) is 0.644. The summed E-state index contributed by atoms with van der Waals surface area (Å²) in [6.45, 7) is 0.607. The Hall–Kier alpha value is 0.120. The van der Waals surface area contributed by atoms with Crippen LogP contribution in [0, 0.1) is 0 Å². The van der Waals surface area contributed by atoms with Crippen LogP contribution in [0.2, 0.25) is 0 Å².